The van der Waals surface area contributed by atoms with Crippen LogP contribution in [0.1, 0.15) is 11.5 Å². The molecule has 1 heterocycles. The molecule has 0 spiro atoms. The first-order valence-corrected chi connectivity index (χ1v) is 4.92. The number of oxazole rings is 1. The van der Waals surface area contributed by atoms with E-state index in [0.717, 1.165) is 5.56 Å². The second-order valence-corrected chi connectivity index (χ2v) is 3.57. The molecule has 78 valence electrons. The van der Waals surface area contributed by atoms with E-state index in [1.165, 1.54) is 0 Å². The Hall–Kier alpha value is -1.32. The molecule has 1 aromatic carbocycles. The molecule has 0 radical (unpaired) electrons. The Morgan fingerprint density at radius 1 is 1.40 bits per heavy atom. The summed E-state index contributed by atoms with van der Waals surface area (Å²) in [5, 5.41) is 9.57. The predicted molar refractivity (Wildman–Crippen MR) is 57.6 cm³/mol. The topological polar surface area (TPSA) is 46.3 Å². The highest BCUT2D eigenvalue weighted by Gasteiger charge is 2.12. The lowest BCUT2D eigenvalue weighted by atomic mass is 10.2. The van der Waals surface area contributed by atoms with Crippen molar-refractivity contribution >= 4 is 11.6 Å². The predicted octanol–water partition coefficient (Wildman–Crippen LogP) is 2.80. The van der Waals surface area contributed by atoms with Gasteiger partial charge in [-0.1, -0.05) is 23.7 Å². The molecular weight excluding hydrogens is 214 g/mol. The number of aliphatic hydroxyl groups excluding tert-OH is 1. The Bertz CT molecular complexity index is 479. The van der Waals surface area contributed by atoms with E-state index in [1.807, 2.05) is 18.2 Å². The fourth-order valence-corrected chi connectivity index (χ4v) is 1.54. The molecule has 0 atom stereocenters. The van der Waals surface area contributed by atoms with Crippen LogP contribution in [0.3, 0.4) is 0 Å². The maximum Gasteiger partial charge on any atom is 0.228 e. The molecule has 0 aliphatic rings. The maximum atomic E-state index is 8.98. The summed E-state index contributed by atoms with van der Waals surface area (Å²) >= 11 is 6.00. The van der Waals surface area contributed by atoms with Crippen LogP contribution in [0.4, 0.5) is 0 Å². The van der Waals surface area contributed by atoms with Crippen molar-refractivity contribution in [2.45, 2.75) is 13.5 Å². The van der Waals surface area contributed by atoms with Gasteiger partial charge in [0, 0.05) is 0 Å². The second-order valence-electron chi connectivity index (χ2n) is 3.17. The summed E-state index contributed by atoms with van der Waals surface area (Å²) in [5.74, 6) is 0.923. The molecule has 0 aliphatic heterocycles. The zero-order valence-corrected chi connectivity index (χ0v) is 8.95. The first kappa shape index (κ1) is 10.2. The molecular formula is C11H10ClNO2. The molecule has 15 heavy (non-hydrogen) atoms. The van der Waals surface area contributed by atoms with Crippen LogP contribution < -0.4 is 0 Å². The van der Waals surface area contributed by atoms with E-state index >= 15 is 0 Å². The van der Waals surface area contributed by atoms with E-state index in [1.54, 1.807) is 13.0 Å². The minimum absolute atomic E-state index is 0.150. The smallest absolute Gasteiger partial charge is 0.228 e. The zero-order valence-electron chi connectivity index (χ0n) is 8.20. The van der Waals surface area contributed by atoms with Crippen LogP contribution >= 0.6 is 11.6 Å². The number of aryl methyl sites for hydroxylation is 1. The van der Waals surface area contributed by atoms with Gasteiger partial charge in [0.15, 0.2) is 5.76 Å². The van der Waals surface area contributed by atoms with Gasteiger partial charge in [-0.3, -0.25) is 0 Å². The number of hydrogen-bond donors (Lipinski definition) is 1. The third-order valence-corrected chi connectivity index (χ3v) is 2.47. The van der Waals surface area contributed by atoms with Crippen molar-refractivity contribution in [3.63, 3.8) is 0 Å². The van der Waals surface area contributed by atoms with E-state index in [9.17, 15) is 0 Å². The van der Waals surface area contributed by atoms with Gasteiger partial charge in [0.05, 0.1) is 16.3 Å². The SMILES string of the molecule is Cc1nc(-c2ccccc2Cl)oc1CO. The van der Waals surface area contributed by atoms with Gasteiger partial charge in [0.2, 0.25) is 5.89 Å². The molecule has 0 aliphatic carbocycles. The van der Waals surface area contributed by atoms with Crippen molar-refractivity contribution < 1.29 is 9.52 Å². The first-order chi connectivity index (χ1) is 7.22. The molecule has 2 rings (SSSR count). The number of rotatable bonds is 2. The Labute approximate surface area is 92.3 Å². The van der Waals surface area contributed by atoms with Crippen LogP contribution in [0.25, 0.3) is 11.5 Å². The molecule has 1 N–H and O–H groups in total. The molecule has 0 saturated carbocycles. The molecule has 4 heteroatoms. The van der Waals surface area contributed by atoms with Gasteiger partial charge in [0.1, 0.15) is 6.61 Å². The van der Waals surface area contributed by atoms with Crippen LogP contribution in [0.2, 0.25) is 5.02 Å². The lowest BCUT2D eigenvalue weighted by Gasteiger charge is -1.97. The minimum atomic E-state index is -0.150. The number of benzene rings is 1. The Kier molecular flexibility index (Phi) is 2.75. The Balaban J connectivity index is 2.50. The fourth-order valence-electron chi connectivity index (χ4n) is 1.32. The maximum absolute atomic E-state index is 8.98. The van der Waals surface area contributed by atoms with Crippen molar-refractivity contribution in [2.75, 3.05) is 0 Å². The number of nitrogens with zero attached hydrogens (tertiary/aromatic N) is 1. The summed E-state index contributed by atoms with van der Waals surface area (Å²) in [6, 6.07) is 7.30. The van der Waals surface area contributed by atoms with Gasteiger partial charge in [-0.2, -0.15) is 0 Å². The molecule has 0 fully saturated rings. The van der Waals surface area contributed by atoms with Crippen molar-refractivity contribution in [1.29, 1.82) is 0 Å². The van der Waals surface area contributed by atoms with Crippen molar-refractivity contribution in [3.05, 3.63) is 40.7 Å². The van der Waals surface area contributed by atoms with Gasteiger partial charge >= 0.3 is 0 Å². The molecule has 0 amide bonds. The average molecular weight is 224 g/mol. The molecule has 1 aromatic heterocycles. The standard InChI is InChI=1S/C11H10ClNO2/c1-7-10(6-14)15-11(13-7)8-4-2-3-5-9(8)12/h2-5,14H,6H2,1H3. The van der Waals surface area contributed by atoms with E-state index in [2.05, 4.69) is 4.98 Å². The van der Waals surface area contributed by atoms with Crippen LogP contribution in [-0.4, -0.2) is 10.1 Å². The number of hydrogen-bond acceptors (Lipinski definition) is 3. The van der Waals surface area contributed by atoms with Crippen molar-refractivity contribution in [2.24, 2.45) is 0 Å². The highest BCUT2D eigenvalue weighted by molar-refractivity contribution is 6.33. The summed E-state index contributed by atoms with van der Waals surface area (Å²) in [6.07, 6.45) is 0. The lowest BCUT2D eigenvalue weighted by molar-refractivity contribution is 0.247. The Morgan fingerprint density at radius 2 is 2.13 bits per heavy atom. The van der Waals surface area contributed by atoms with Crippen LogP contribution in [0.5, 0.6) is 0 Å². The lowest BCUT2D eigenvalue weighted by Crippen LogP contribution is -1.81. The van der Waals surface area contributed by atoms with E-state index in [-0.39, 0.29) is 6.61 Å². The van der Waals surface area contributed by atoms with Crippen molar-refractivity contribution in [3.8, 4) is 11.5 Å². The molecule has 0 unspecified atom stereocenters. The van der Waals surface area contributed by atoms with Gasteiger partial charge in [-0.15, -0.1) is 0 Å². The normalized spacial score (nSPS) is 10.6. The summed E-state index contributed by atoms with van der Waals surface area (Å²) in [6.45, 7) is 1.64. The number of halogens is 1. The van der Waals surface area contributed by atoms with Crippen LogP contribution in [0, 0.1) is 6.92 Å². The van der Waals surface area contributed by atoms with Gasteiger partial charge in [0.25, 0.3) is 0 Å². The molecule has 2 aromatic rings. The van der Waals surface area contributed by atoms with Gasteiger partial charge in [-0.05, 0) is 19.1 Å². The van der Waals surface area contributed by atoms with Crippen LogP contribution in [-0.2, 0) is 6.61 Å². The number of aromatic nitrogens is 1. The molecule has 3 nitrogen and oxygen atoms in total. The average Bonchev–Trinajstić information content (AvgIpc) is 2.60. The molecule has 0 bridgehead atoms. The third-order valence-electron chi connectivity index (χ3n) is 2.14. The first-order valence-electron chi connectivity index (χ1n) is 4.54. The monoisotopic (exact) mass is 223 g/mol. The number of aliphatic hydroxyl groups is 1. The van der Waals surface area contributed by atoms with Crippen LogP contribution in [0.15, 0.2) is 28.7 Å². The Morgan fingerprint density at radius 3 is 2.73 bits per heavy atom. The second kappa shape index (κ2) is 4.04. The van der Waals surface area contributed by atoms with E-state index < -0.39 is 0 Å². The minimum Gasteiger partial charge on any atom is -0.438 e. The van der Waals surface area contributed by atoms with E-state index in [0.29, 0.717) is 22.4 Å². The largest absolute Gasteiger partial charge is 0.438 e. The zero-order chi connectivity index (χ0) is 10.8. The fraction of sp³-hybridized carbons (Fsp3) is 0.182. The summed E-state index contributed by atoms with van der Waals surface area (Å²) in [4.78, 5) is 4.20. The highest BCUT2D eigenvalue weighted by atomic mass is 35.5. The van der Waals surface area contributed by atoms with E-state index in [4.69, 9.17) is 21.1 Å². The van der Waals surface area contributed by atoms with Crippen molar-refractivity contribution in [1.82, 2.24) is 4.98 Å². The summed E-state index contributed by atoms with van der Waals surface area (Å²) in [7, 11) is 0. The van der Waals surface area contributed by atoms with Gasteiger partial charge < -0.3 is 9.52 Å². The quantitative estimate of drug-likeness (QED) is 0.852. The molecule has 0 saturated heterocycles. The third kappa shape index (κ3) is 1.89. The summed E-state index contributed by atoms with van der Waals surface area (Å²) < 4.78 is 5.38. The highest BCUT2D eigenvalue weighted by Crippen LogP contribution is 2.28. The van der Waals surface area contributed by atoms with Gasteiger partial charge in [-0.25, -0.2) is 4.98 Å². The summed E-state index contributed by atoms with van der Waals surface area (Å²) in [5.41, 5.74) is 1.43.